The maximum Gasteiger partial charge on any atom is 0.191 e. The first kappa shape index (κ1) is 20.0. The van der Waals surface area contributed by atoms with E-state index in [9.17, 15) is 0 Å². The summed E-state index contributed by atoms with van der Waals surface area (Å²) >= 11 is 0. The molecule has 0 aliphatic rings. The minimum atomic E-state index is 0. The Balaban J connectivity index is 0.00000400. The third-order valence-corrected chi connectivity index (χ3v) is 2.60. The van der Waals surface area contributed by atoms with Crippen molar-refractivity contribution in [1.82, 2.24) is 10.6 Å². The van der Waals surface area contributed by atoms with Crippen molar-refractivity contribution in [3.63, 3.8) is 0 Å². The second kappa shape index (κ2) is 11.7. The van der Waals surface area contributed by atoms with Gasteiger partial charge in [-0.3, -0.25) is 0 Å². The number of ether oxygens (including phenoxy) is 1. The number of nitrogens with zero attached hydrogens (tertiary/aromatic N) is 1. The van der Waals surface area contributed by atoms with Crippen LogP contribution in [0.15, 0.2) is 29.3 Å². The highest BCUT2D eigenvalue weighted by atomic mass is 127. The molecule has 120 valence electrons. The Morgan fingerprint density at radius 3 is 2.33 bits per heavy atom. The zero-order chi connectivity index (χ0) is 14.8. The molecule has 0 heterocycles. The van der Waals surface area contributed by atoms with Crippen LogP contribution in [0.25, 0.3) is 0 Å². The average Bonchev–Trinajstić information content (AvgIpc) is 2.43. The Hall–Kier alpha value is -0.980. The number of guanidine groups is 1. The minimum absolute atomic E-state index is 0. The number of hydrogen-bond donors (Lipinski definition) is 2. The average molecular weight is 405 g/mol. The number of nitrogens with one attached hydrogen (secondary N) is 2. The van der Waals surface area contributed by atoms with Gasteiger partial charge in [0.15, 0.2) is 5.96 Å². The second-order valence-corrected chi connectivity index (χ2v) is 4.93. The molecular formula is C16H28IN3O. The van der Waals surface area contributed by atoms with Gasteiger partial charge in [0.1, 0.15) is 5.75 Å². The lowest BCUT2D eigenvalue weighted by Crippen LogP contribution is -2.37. The van der Waals surface area contributed by atoms with E-state index in [0.717, 1.165) is 31.2 Å². The molecule has 2 N–H and O–H groups in total. The summed E-state index contributed by atoms with van der Waals surface area (Å²) in [5.74, 6) is 1.78. The van der Waals surface area contributed by atoms with E-state index in [1.165, 1.54) is 5.56 Å². The third kappa shape index (κ3) is 8.80. The number of halogens is 1. The summed E-state index contributed by atoms with van der Waals surface area (Å²) in [4.78, 5) is 4.57. The molecule has 0 bridgehead atoms. The summed E-state index contributed by atoms with van der Waals surface area (Å²) in [6.45, 7) is 10.7. The molecule has 0 spiro atoms. The molecule has 0 saturated carbocycles. The van der Waals surface area contributed by atoms with Crippen LogP contribution in [-0.4, -0.2) is 25.2 Å². The van der Waals surface area contributed by atoms with Crippen LogP contribution >= 0.6 is 24.0 Å². The predicted molar refractivity (Wildman–Crippen MR) is 101 cm³/mol. The first-order chi connectivity index (χ1) is 9.65. The Morgan fingerprint density at radius 2 is 1.81 bits per heavy atom. The van der Waals surface area contributed by atoms with Crippen LogP contribution in [0.5, 0.6) is 5.75 Å². The number of rotatable bonds is 7. The van der Waals surface area contributed by atoms with Crippen molar-refractivity contribution in [2.45, 2.75) is 46.8 Å². The van der Waals surface area contributed by atoms with Crippen molar-refractivity contribution in [1.29, 1.82) is 0 Å². The number of aliphatic imine (C=N–C) groups is 1. The summed E-state index contributed by atoms with van der Waals surface area (Å²) in [6, 6.07) is 8.11. The zero-order valence-electron chi connectivity index (χ0n) is 13.5. The summed E-state index contributed by atoms with van der Waals surface area (Å²) in [5.41, 5.74) is 1.18. The normalized spacial score (nSPS) is 11.0. The van der Waals surface area contributed by atoms with E-state index in [1.54, 1.807) is 0 Å². The molecule has 1 aromatic rings. The molecule has 0 amide bonds. The van der Waals surface area contributed by atoms with E-state index in [0.29, 0.717) is 6.54 Å². The molecular weight excluding hydrogens is 377 g/mol. The number of benzene rings is 1. The van der Waals surface area contributed by atoms with Gasteiger partial charge in [-0.1, -0.05) is 19.1 Å². The SMILES string of the molecule is CCCNC(=NCc1ccc(OC(C)C)cc1)NCC.I. The monoisotopic (exact) mass is 405 g/mol. The lowest BCUT2D eigenvalue weighted by Gasteiger charge is -2.11. The van der Waals surface area contributed by atoms with E-state index in [1.807, 2.05) is 26.0 Å². The molecule has 0 atom stereocenters. The highest BCUT2D eigenvalue weighted by Crippen LogP contribution is 2.14. The molecule has 5 heteroatoms. The fourth-order valence-electron chi connectivity index (χ4n) is 1.70. The van der Waals surface area contributed by atoms with Crippen LogP contribution in [0, 0.1) is 0 Å². The zero-order valence-corrected chi connectivity index (χ0v) is 15.8. The van der Waals surface area contributed by atoms with E-state index in [2.05, 4.69) is 41.6 Å². The van der Waals surface area contributed by atoms with E-state index in [-0.39, 0.29) is 30.1 Å². The number of hydrogen-bond acceptors (Lipinski definition) is 2. The molecule has 0 saturated heterocycles. The van der Waals surface area contributed by atoms with Crippen LogP contribution in [0.1, 0.15) is 39.7 Å². The van der Waals surface area contributed by atoms with Gasteiger partial charge >= 0.3 is 0 Å². The summed E-state index contributed by atoms with van der Waals surface area (Å²) < 4.78 is 5.63. The van der Waals surface area contributed by atoms with Crippen LogP contribution in [0.2, 0.25) is 0 Å². The molecule has 1 aromatic carbocycles. The Labute approximate surface area is 145 Å². The first-order valence-electron chi connectivity index (χ1n) is 7.43. The summed E-state index contributed by atoms with van der Waals surface area (Å²) in [7, 11) is 0. The van der Waals surface area contributed by atoms with E-state index >= 15 is 0 Å². The second-order valence-electron chi connectivity index (χ2n) is 4.93. The molecule has 1 rings (SSSR count). The smallest absolute Gasteiger partial charge is 0.191 e. The minimum Gasteiger partial charge on any atom is -0.491 e. The molecule has 0 aromatic heterocycles. The van der Waals surface area contributed by atoms with Gasteiger partial charge in [-0.15, -0.1) is 24.0 Å². The molecule has 0 radical (unpaired) electrons. The molecule has 0 aliphatic carbocycles. The Morgan fingerprint density at radius 1 is 1.14 bits per heavy atom. The summed E-state index contributed by atoms with van der Waals surface area (Å²) in [6.07, 6.45) is 1.29. The van der Waals surface area contributed by atoms with Crippen molar-refractivity contribution in [3.8, 4) is 5.75 Å². The fraction of sp³-hybridized carbons (Fsp3) is 0.562. The van der Waals surface area contributed by atoms with Gasteiger partial charge in [-0.25, -0.2) is 4.99 Å². The largest absolute Gasteiger partial charge is 0.491 e. The van der Waals surface area contributed by atoms with Crippen molar-refractivity contribution < 1.29 is 4.74 Å². The van der Waals surface area contributed by atoms with Gasteiger partial charge in [-0.05, 0) is 44.9 Å². The van der Waals surface area contributed by atoms with Gasteiger partial charge < -0.3 is 15.4 Å². The molecule has 0 aliphatic heterocycles. The molecule has 0 unspecified atom stereocenters. The highest BCUT2D eigenvalue weighted by molar-refractivity contribution is 14.0. The summed E-state index contributed by atoms with van der Waals surface area (Å²) in [5, 5.41) is 6.53. The van der Waals surface area contributed by atoms with Gasteiger partial charge in [0.05, 0.1) is 12.6 Å². The van der Waals surface area contributed by atoms with Crippen LogP contribution in [0.4, 0.5) is 0 Å². The molecule has 0 fully saturated rings. The van der Waals surface area contributed by atoms with Gasteiger partial charge in [0.25, 0.3) is 0 Å². The van der Waals surface area contributed by atoms with Crippen molar-refractivity contribution in [2.24, 2.45) is 4.99 Å². The van der Waals surface area contributed by atoms with E-state index < -0.39 is 0 Å². The van der Waals surface area contributed by atoms with Crippen LogP contribution in [-0.2, 0) is 6.54 Å². The van der Waals surface area contributed by atoms with Gasteiger partial charge in [-0.2, -0.15) is 0 Å². The third-order valence-electron chi connectivity index (χ3n) is 2.60. The predicted octanol–water partition coefficient (Wildman–Crippen LogP) is 3.56. The maximum absolute atomic E-state index is 5.63. The maximum atomic E-state index is 5.63. The fourth-order valence-corrected chi connectivity index (χ4v) is 1.70. The van der Waals surface area contributed by atoms with Crippen molar-refractivity contribution >= 4 is 29.9 Å². The van der Waals surface area contributed by atoms with E-state index in [4.69, 9.17) is 4.74 Å². The topological polar surface area (TPSA) is 45.7 Å². The van der Waals surface area contributed by atoms with Crippen molar-refractivity contribution in [2.75, 3.05) is 13.1 Å². The lowest BCUT2D eigenvalue weighted by atomic mass is 10.2. The Bertz CT molecular complexity index is 404. The molecule has 4 nitrogen and oxygen atoms in total. The molecule has 21 heavy (non-hydrogen) atoms. The quantitative estimate of drug-likeness (QED) is 0.414. The van der Waals surface area contributed by atoms with Crippen molar-refractivity contribution in [3.05, 3.63) is 29.8 Å². The van der Waals surface area contributed by atoms with Gasteiger partial charge in [0, 0.05) is 13.1 Å². The van der Waals surface area contributed by atoms with Crippen LogP contribution < -0.4 is 15.4 Å². The lowest BCUT2D eigenvalue weighted by molar-refractivity contribution is 0.242. The highest BCUT2D eigenvalue weighted by Gasteiger charge is 1.99. The standard InChI is InChI=1S/C16H27N3O.HI/c1-5-11-18-16(17-6-2)19-12-14-7-9-15(10-8-14)20-13(3)4;/h7-10,13H,5-6,11-12H2,1-4H3,(H2,17,18,19);1H. The first-order valence-corrected chi connectivity index (χ1v) is 7.43. The Kier molecular flexibility index (Phi) is 11.1. The van der Waals surface area contributed by atoms with Gasteiger partial charge in [0.2, 0.25) is 0 Å². The van der Waals surface area contributed by atoms with Crippen LogP contribution in [0.3, 0.4) is 0 Å².